The summed E-state index contributed by atoms with van der Waals surface area (Å²) in [4.78, 5) is 30.3. The molecule has 1 fully saturated rings. The Balaban J connectivity index is 1.57. The smallest absolute Gasteiger partial charge is 0.264 e. The highest BCUT2D eigenvalue weighted by atomic mass is 79.9. The molecule has 1 atom stereocenters. The molecule has 1 aliphatic carbocycles. The maximum Gasteiger partial charge on any atom is 0.264 e. The molecule has 49 heavy (non-hydrogen) atoms. The van der Waals surface area contributed by atoms with E-state index in [1.807, 2.05) is 37.3 Å². The van der Waals surface area contributed by atoms with E-state index in [2.05, 4.69) is 21.2 Å². The van der Waals surface area contributed by atoms with Crippen molar-refractivity contribution in [1.82, 2.24) is 10.2 Å². The summed E-state index contributed by atoms with van der Waals surface area (Å²) in [7, 11) is -2.82. The highest BCUT2D eigenvalue weighted by Gasteiger charge is 2.35. The average Bonchev–Trinajstić information content (AvgIpc) is 3.10. The number of amides is 2. The molecule has 0 saturated heterocycles. The number of carbonyl (C=O) groups is 2. The van der Waals surface area contributed by atoms with Gasteiger partial charge in [0.25, 0.3) is 10.0 Å². The first-order chi connectivity index (χ1) is 23.5. The first kappa shape index (κ1) is 36.1. The van der Waals surface area contributed by atoms with E-state index in [-0.39, 0.29) is 29.8 Å². The molecule has 0 heterocycles. The number of methoxy groups -OCH3 is 1. The monoisotopic (exact) mass is 749 g/mol. The van der Waals surface area contributed by atoms with E-state index in [1.165, 1.54) is 36.3 Å². The van der Waals surface area contributed by atoms with Crippen LogP contribution in [0.25, 0.3) is 0 Å². The Morgan fingerprint density at radius 3 is 2.22 bits per heavy atom. The summed E-state index contributed by atoms with van der Waals surface area (Å²) in [6.45, 7) is 1.26. The van der Waals surface area contributed by atoms with Crippen LogP contribution in [0.3, 0.4) is 0 Å². The van der Waals surface area contributed by atoms with Gasteiger partial charge < -0.3 is 15.0 Å². The third-order valence-corrected chi connectivity index (χ3v) is 11.2. The molecule has 2 amide bonds. The lowest BCUT2D eigenvalue weighted by atomic mass is 9.94. The van der Waals surface area contributed by atoms with E-state index in [4.69, 9.17) is 4.74 Å². The zero-order chi connectivity index (χ0) is 35.0. The van der Waals surface area contributed by atoms with Crippen molar-refractivity contribution in [3.63, 3.8) is 0 Å². The normalized spacial score (nSPS) is 14.1. The summed E-state index contributed by atoms with van der Waals surface area (Å²) < 4.78 is 49.5. The van der Waals surface area contributed by atoms with Crippen molar-refractivity contribution in [1.29, 1.82) is 0 Å². The van der Waals surface area contributed by atoms with Gasteiger partial charge in [-0.1, -0.05) is 79.4 Å². The number of sulfonamides is 1. The summed E-state index contributed by atoms with van der Waals surface area (Å²) in [6, 6.07) is 25.4. The van der Waals surface area contributed by atoms with Crippen LogP contribution in [0.4, 0.5) is 10.1 Å². The van der Waals surface area contributed by atoms with Crippen molar-refractivity contribution in [2.24, 2.45) is 0 Å². The molecule has 258 valence electrons. The second-order valence-electron chi connectivity index (χ2n) is 12.3. The van der Waals surface area contributed by atoms with Crippen LogP contribution in [0, 0.1) is 12.7 Å². The first-order valence-electron chi connectivity index (χ1n) is 16.4. The van der Waals surface area contributed by atoms with Crippen LogP contribution < -0.4 is 14.4 Å². The summed E-state index contributed by atoms with van der Waals surface area (Å²) in [5.41, 5.74) is 2.65. The third kappa shape index (κ3) is 9.27. The van der Waals surface area contributed by atoms with Crippen molar-refractivity contribution >= 4 is 43.5 Å². The number of anilines is 1. The summed E-state index contributed by atoms with van der Waals surface area (Å²) in [5.74, 6) is -0.870. The number of halogens is 2. The van der Waals surface area contributed by atoms with Crippen LogP contribution in [0.5, 0.6) is 5.75 Å². The predicted octanol–water partition coefficient (Wildman–Crippen LogP) is 7.19. The van der Waals surface area contributed by atoms with Crippen molar-refractivity contribution in [2.75, 3.05) is 18.0 Å². The van der Waals surface area contributed by atoms with Crippen LogP contribution in [-0.4, -0.2) is 50.9 Å². The van der Waals surface area contributed by atoms with E-state index in [1.54, 1.807) is 42.5 Å². The second-order valence-corrected chi connectivity index (χ2v) is 15.1. The van der Waals surface area contributed by atoms with Gasteiger partial charge in [0.15, 0.2) is 0 Å². The van der Waals surface area contributed by atoms with Gasteiger partial charge in [-0.3, -0.25) is 13.9 Å². The lowest BCUT2D eigenvalue weighted by Gasteiger charge is -2.35. The number of hydrogen-bond donors (Lipinski definition) is 1. The Labute approximate surface area is 296 Å². The molecule has 5 rings (SSSR count). The molecule has 1 unspecified atom stereocenters. The molecule has 8 nitrogen and oxygen atoms in total. The number of hydrogen-bond acceptors (Lipinski definition) is 5. The van der Waals surface area contributed by atoms with Crippen LogP contribution in [0.1, 0.15) is 48.8 Å². The Morgan fingerprint density at radius 2 is 1.59 bits per heavy atom. The van der Waals surface area contributed by atoms with Gasteiger partial charge >= 0.3 is 0 Å². The minimum atomic E-state index is -4.30. The zero-order valence-electron chi connectivity index (χ0n) is 27.6. The van der Waals surface area contributed by atoms with Crippen molar-refractivity contribution in [2.45, 2.75) is 69.0 Å². The first-order valence-corrected chi connectivity index (χ1v) is 18.6. The molecule has 0 radical (unpaired) electrons. The van der Waals surface area contributed by atoms with Crippen LogP contribution in [0.15, 0.2) is 106 Å². The van der Waals surface area contributed by atoms with Gasteiger partial charge in [0.2, 0.25) is 11.8 Å². The fraction of sp³-hybridized carbons (Fsp3) is 0.316. The van der Waals surface area contributed by atoms with Crippen LogP contribution >= 0.6 is 15.9 Å². The van der Waals surface area contributed by atoms with Crippen LogP contribution in [0.2, 0.25) is 0 Å². The third-order valence-electron chi connectivity index (χ3n) is 8.80. The van der Waals surface area contributed by atoms with Gasteiger partial charge in [-0.25, -0.2) is 12.8 Å². The van der Waals surface area contributed by atoms with Crippen molar-refractivity contribution in [3.8, 4) is 5.75 Å². The summed E-state index contributed by atoms with van der Waals surface area (Å²) in [6.07, 6.45) is 5.05. The van der Waals surface area contributed by atoms with Gasteiger partial charge in [0, 0.05) is 19.0 Å². The molecular formula is C38H41BrFN3O5S. The van der Waals surface area contributed by atoms with E-state index >= 15 is 0 Å². The van der Waals surface area contributed by atoms with Gasteiger partial charge in [-0.2, -0.15) is 0 Å². The number of rotatable bonds is 13. The fourth-order valence-corrected chi connectivity index (χ4v) is 8.19. The minimum absolute atomic E-state index is 0.0137. The number of nitrogens with one attached hydrogen (secondary N) is 1. The van der Waals surface area contributed by atoms with Crippen molar-refractivity contribution in [3.05, 3.63) is 124 Å². The summed E-state index contributed by atoms with van der Waals surface area (Å²) in [5, 5.41) is 3.19. The van der Waals surface area contributed by atoms with Gasteiger partial charge in [0.1, 0.15) is 24.2 Å². The number of nitrogens with zero attached hydrogens (tertiary/aromatic N) is 2. The predicted molar refractivity (Wildman–Crippen MR) is 192 cm³/mol. The largest absolute Gasteiger partial charge is 0.496 e. The van der Waals surface area contributed by atoms with E-state index < -0.39 is 34.3 Å². The molecule has 0 spiro atoms. The molecule has 1 aliphatic rings. The lowest BCUT2D eigenvalue weighted by Crippen LogP contribution is -2.55. The number of aryl methyl sites for hydroxylation is 1. The van der Waals surface area contributed by atoms with Crippen molar-refractivity contribution < 1.29 is 27.1 Å². The molecule has 1 saturated carbocycles. The van der Waals surface area contributed by atoms with Crippen LogP contribution in [-0.2, 0) is 32.6 Å². The van der Waals surface area contributed by atoms with Gasteiger partial charge in [0.05, 0.1) is 22.2 Å². The second kappa shape index (κ2) is 16.5. The van der Waals surface area contributed by atoms with E-state index in [9.17, 15) is 22.4 Å². The zero-order valence-corrected chi connectivity index (χ0v) is 30.1. The molecule has 4 aromatic carbocycles. The Bertz CT molecular complexity index is 1830. The molecule has 0 aromatic heterocycles. The van der Waals surface area contributed by atoms with Gasteiger partial charge in [-0.05, 0) is 89.3 Å². The number of carbonyl (C=O) groups excluding carboxylic acids is 2. The SMILES string of the molecule is COc1ccc(S(=O)(=O)N(CC(=O)N(Cc2ccc(F)cc2)C(Cc2ccccc2)C(=O)NC2CCCCC2)c2ccc(C)cc2)cc1Br. The van der Waals surface area contributed by atoms with E-state index in [0.29, 0.717) is 21.5 Å². The molecule has 11 heteroatoms. The molecule has 1 N–H and O–H groups in total. The minimum Gasteiger partial charge on any atom is -0.496 e. The molecule has 4 aromatic rings. The summed E-state index contributed by atoms with van der Waals surface area (Å²) >= 11 is 3.38. The number of benzene rings is 4. The highest BCUT2D eigenvalue weighted by Crippen LogP contribution is 2.31. The Morgan fingerprint density at radius 1 is 0.918 bits per heavy atom. The lowest BCUT2D eigenvalue weighted by molar-refractivity contribution is -0.140. The molecular weight excluding hydrogens is 709 g/mol. The van der Waals surface area contributed by atoms with E-state index in [0.717, 1.165) is 47.5 Å². The Kier molecular flexibility index (Phi) is 12.1. The quantitative estimate of drug-likeness (QED) is 0.156. The maximum atomic E-state index is 14.7. The Hall–Kier alpha value is -4.22. The topological polar surface area (TPSA) is 96.0 Å². The molecule has 0 aliphatic heterocycles. The molecule has 0 bridgehead atoms. The number of ether oxygens (including phenoxy) is 1. The van der Waals surface area contributed by atoms with Gasteiger partial charge in [-0.15, -0.1) is 0 Å². The standard InChI is InChI=1S/C38H41BrFN3O5S/c1-27-13-19-32(20-14-27)43(49(46,47)33-21-22-36(48-2)34(39)24-33)26-37(44)42(25-29-15-17-30(40)18-16-29)35(23-28-9-5-3-6-10-28)38(45)41-31-11-7-4-8-12-31/h3,5-6,9-10,13-22,24,31,35H,4,7-8,11-12,23,25-26H2,1-2H3,(H,41,45). The fourth-order valence-electron chi connectivity index (χ4n) is 6.06. The average molecular weight is 751 g/mol. The maximum absolute atomic E-state index is 14.7. The highest BCUT2D eigenvalue weighted by molar-refractivity contribution is 9.10.